The van der Waals surface area contributed by atoms with E-state index in [-0.39, 0.29) is 39.9 Å². The molecule has 5 rings (SSSR count). The van der Waals surface area contributed by atoms with Crippen molar-refractivity contribution in [1.29, 1.82) is 0 Å². The molecule has 0 spiro atoms. The van der Waals surface area contributed by atoms with Crippen molar-refractivity contribution in [1.82, 2.24) is 19.5 Å². The number of aliphatic hydroxyl groups is 1. The Morgan fingerprint density at radius 3 is 2.08 bits per heavy atom. The summed E-state index contributed by atoms with van der Waals surface area (Å²) in [6.07, 6.45) is -4.18. The van der Waals surface area contributed by atoms with Gasteiger partial charge in [-0.15, -0.1) is 0 Å². The fraction of sp³-hybridized carbons (Fsp3) is 0.630. The molecule has 2 aromatic heterocycles. The number of nitrogens with one attached hydrogen (secondary N) is 1. The van der Waals surface area contributed by atoms with E-state index >= 15 is 0 Å². The van der Waals surface area contributed by atoms with E-state index < -0.39 is 52.9 Å². The molecule has 0 radical (unpaired) electrons. The molecular weight excluding hydrogens is 548 g/mol. The Morgan fingerprint density at radius 2 is 1.50 bits per heavy atom. The highest BCUT2D eigenvalue weighted by atomic mass is 28.5. The highest BCUT2D eigenvalue weighted by molar-refractivity contribution is 6.84. The smallest absolute Gasteiger partial charge is 0.335 e. The maximum Gasteiger partial charge on any atom is 0.335 e. The number of fused-ring (bicyclic) bond motifs is 3. The van der Waals surface area contributed by atoms with Crippen LogP contribution in [0.5, 0.6) is 0 Å². The van der Waals surface area contributed by atoms with Crippen molar-refractivity contribution in [3.63, 3.8) is 0 Å². The van der Waals surface area contributed by atoms with Gasteiger partial charge < -0.3 is 22.8 Å². The fourth-order valence-electron chi connectivity index (χ4n) is 6.19. The molecule has 3 aromatic rings. The highest BCUT2D eigenvalue weighted by Crippen LogP contribution is 2.48. The number of ether oxygens (including phenoxy) is 1. The van der Waals surface area contributed by atoms with Gasteiger partial charge in [-0.3, -0.25) is 9.78 Å². The normalized spacial score (nSPS) is 26.6. The van der Waals surface area contributed by atoms with Crippen molar-refractivity contribution in [2.45, 2.75) is 102 Å². The predicted molar refractivity (Wildman–Crippen MR) is 156 cm³/mol. The lowest BCUT2D eigenvalue weighted by atomic mass is 10.1. The Kier molecular flexibility index (Phi) is 7.70. The third kappa shape index (κ3) is 4.51. The molecule has 0 amide bonds. The van der Waals surface area contributed by atoms with Crippen molar-refractivity contribution in [3.8, 4) is 0 Å². The van der Waals surface area contributed by atoms with Gasteiger partial charge in [-0.05, 0) is 34.3 Å². The quantitative estimate of drug-likeness (QED) is 0.336. The zero-order valence-electron chi connectivity index (χ0n) is 24.4. The Morgan fingerprint density at radius 1 is 0.925 bits per heavy atom. The van der Waals surface area contributed by atoms with E-state index in [0.717, 1.165) is 4.57 Å². The summed E-state index contributed by atoms with van der Waals surface area (Å²) in [6.45, 7) is 17.0. The minimum absolute atomic E-state index is 0.0157. The number of H-pyrrole nitrogens is 1. The molecule has 11 nitrogen and oxygen atoms in total. The number of hydrogen-bond acceptors (Lipinski definition) is 9. The Bertz CT molecular complexity index is 1510. The lowest BCUT2D eigenvalue weighted by molar-refractivity contribution is -0.0610. The van der Waals surface area contributed by atoms with Crippen LogP contribution in [0.4, 0.5) is 0 Å². The van der Waals surface area contributed by atoms with Crippen molar-refractivity contribution < 1.29 is 22.8 Å². The second-order valence-electron chi connectivity index (χ2n) is 12.1. The largest absolute Gasteiger partial charge is 0.414 e. The van der Waals surface area contributed by atoms with Crippen LogP contribution >= 0.6 is 0 Å². The number of rotatable bonds is 5. The molecule has 2 aliphatic heterocycles. The molecule has 4 atom stereocenters. The first-order valence-corrected chi connectivity index (χ1v) is 18.0. The standard InChI is InChI=1S/C27H40N4O7Si2/c1-14(2)39(15(3)4)35-13-20-23(37-40(38-39,16(5)6)17(7)8)22(32)26(36-20)31-25(33)21-24(30-27(31)34)29-19-12-10-9-11-18(19)28-21/h9-12,14-17,20,22-23,26,32H,13H2,1-8H3,(H,29,30,34)/t20-,22+,23-,26-/m1/s1. The molecule has 2 saturated heterocycles. The topological polar surface area (TPSA) is 138 Å². The number of para-hydroxylation sites is 2. The van der Waals surface area contributed by atoms with Crippen molar-refractivity contribution in [2.75, 3.05) is 6.61 Å². The van der Waals surface area contributed by atoms with Crippen LogP contribution in [0.3, 0.4) is 0 Å². The molecule has 0 saturated carbocycles. The van der Waals surface area contributed by atoms with E-state index in [2.05, 4.69) is 70.3 Å². The van der Waals surface area contributed by atoms with Crippen LogP contribution in [0.1, 0.15) is 61.6 Å². The van der Waals surface area contributed by atoms with Crippen molar-refractivity contribution in [2.24, 2.45) is 0 Å². The van der Waals surface area contributed by atoms with Gasteiger partial charge >= 0.3 is 22.8 Å². The molecule has 2 fully saturated rings. The molecule has 4 heterocycles. The molecule has 218 valence electrons. The van der Waals surface area contributed by atoms with Gasteiger partial charge in [0.25, 0.3) is 5.56 Å². The van der Waals surface area contributed by atoms with Crippen LogP contribution in [0.2, 0.25) is 22.2 Å². The lowest BCUT2D eigenvalue weighted by Gasteiger charge is -2.51. The molecule has 0 aliphatic carbocycles. The maximum atomic E-state index is 13.7. The van der Waals surface area contributed by atoms with Crippen LogP contribution in [-0.4, -0.2) is 66.7 Å². The van der Waals surface area contributed by atoms with Gasteiger partial charge in [-0.1, -0.05) is 67.5 Å². The van der Waals surface area contributed by atoms with Gasteiger partial charge in [0.1, 0.15) is 18.3 Å². The first kappa shape index (κ1) is 29.2. The highest BCUT2D eigenvalue weighted by Gasteiger charge is 2.61. The van der Waals surface area contributed by atoms with E-state index in [1.165, 1.54) is 0 Å². The van der Waals surface area contributed by atoms with Gasteiger partial charge in [0, 0.05) is 0 Å². The zero-order chi connectivity index (χ0) is 29.1. The Hall–Kier alpha value is -2.27. The maximum absolute atomic E-state index is 13.7. The summed E-state index contributed by atoms with van der Waals surface area (Å²) in [6, 6.07) is 7.09. The monoisotopic (exact) mass is 588 g/mol. The van der Waals surface area contributed by atoms with Gasteiger partial charge in [0.15, 0.2) is 17.4 Å². The third-order valence-electron chi connectivity index (χ3n) is 8.33. The van der Waals surface area contributed by atoms with Gasteiger partial charge in [0.2, 0.25) is 0 Å². The summed E-state index contributed by atoms with van der Waals surface area (Å²) in [4.78, 5) is 38.4. The van der Waals surface area contributed by atoms with Crippen molar-refractivity contribution >= 4 is 39.3 Å². The average Bonchev–Trinajstić information content (AvgIpc) is 3.16. The third-order valence-corrected chi connectivity index (χ3v) is 18.6. The van der Waals surface area contributed by atoms with Crippen LogP contribution in [0.15, 0.2) is 33.9 Å². The summed E-state index contributed by atoms with van der Waals surface area (Å²) in [5.74, 6) is 0. The number of aromatic amines is 1. The van der Waals surface area contributed by atoms with E-state index in [1.807, 2.05) is 0 Å². The second kappa shape index (κ2) is 10.5. The molecule has 40 heavy (non-hydrogen) atoms. The first-order valence-electron chi connectivity index (χ1n) is 14.1. The van der Waals surface area contributed by atoms with Crippen LogP contribution < -0.4 is 11.2 Å². The van der Waals surface area contributed by atoms with E-state index in [1.54, 1.807) is 24.3 Å². The Labute approximate surface area is 235 Å². The number of nitrogens with zero attached hydrogens (tertiary/aromatic N) is 3. The molecule has 0 bridgehead atoms. The van der Waals surface area contributed by atoms with E-state index in [0.29, 0.717) is 11.0 Å². The van der Waals surface area contributed by atoms with Crippen LogP contribution in [0, 0.1) is 0 Å². The molecule has 2 N–H and O–H groups in total. The number of aliphatic hydroxyl groups excluding tert-OH is 1. The summed E-state index contributed by atoms with van der Waals surface area (Å²) < 4.78 is 28.0. The lowest BCUT2D eigenvalue weighted by Crippen LogP contribution is -2.65. The fourth-order valence-corrected chi connectivity index (χ4v) is 17.4. The molecule has 1 aromatic carbocycles. The molecule has 13 heteroatoms. The minimum atomic E-state index is -3.04. The molecular formula is C27H40N4O7Si2. The van der Waals surface area contributed by atoms with Crippen LogP contribution in [0.25, 0.3) is 22.2 Å². The van der Waals surface area contributed by atoms with Gasteiger partial charge in [-0.2, -0.15) is 0 Å². The Balaban J connectivity index is 1.61. The van der Waals surface area contributed by atoms with Crippen molar-refractivity contribution in [3.05, 3.63) is 45.1 Å². The zero-order valence-corrected chi connectivity index (χ0v) is 26.4. The SMILES string of the molecule is CC(C)[Si]1(C(C)C)OC[C@H]2O[C@@H](n3c(=O)[nH]c4nc5ccccc5nc4c3=O)[C@@H](O)[C@@H]2O[Si](C(C)C)(C(C)C)O1. The second-order valence-corrected chi connectivity index (χ2v) is 21.0. The number of hydrogen-bond donors (Lipinski definition) is 2. The number of benzene rings is 1. The molecule has 2 aliphatic rings. The summed E-state index contributed by atoms with van der Waals surface area (Å²) in [5, 5.41) is 11.6. The average molecular weight is 589 g/mol. The van der Waals surface area contributed by atoms with Crippen LogP contribution in [-0.2, 0) is 17.7 Å². The van der Waals surface area contributed by atoms with E-state index in [9.17, 15) is 14.7 Å². The van der Waals surface area contributed by atoms with Gasteiger partial charge in [-0.25, -0.2) is 19.3 Å². The molecule has 0 unspecified atom stereocenters. The summed E-state index contributed by atoms with van der Waals surface area (Å²) in [7, 11) is -5.87. The first-order chi connectivity index (χ1) is 18.8. The van der Waals surface area contributed by atoms with Gasteiger partial charge in [0.05, 0.1) is 17.6 Å². The predicted octanol–water partition coefficient (Wildman–Crippen LogP) is 3.85. The summed E-state index contributed by atoms with van der Waals surface area (Å²) in [5.41, 5.74) is 0.0422. The van der Waals surface area contributed by atoms with E-state index in [4.69, 9.17) is 17.7 Å². The summed E-state index contributed by atoms with van der Waals surface area (Å²) >= 11 is 0. The minimum Gasteiger partial charge on any atom is -0.414 e. The number of aromatic nitrogens is 4.